The van der Waals surface area contributed by atoms with Gasteiger partial charge < -0.3 is 0 Å². The minimum atomic E-state index is 0.262. The van der Waals surface area contributed by atoms with Crippen LogP contribution in [0.2, 0.25) is 0 Å². The Hall–Kier alpha value is -1.70. The van der Waals surface area contributed by atoms with Gasteiger partial charge in [0, 0.05) is 23.1 Å². The number of hydrogen-bond acceptors (Lipinski definition) is 2. The second-order valence-electron chi connectivity index (χ2n) is 4.02. The fourth-order valence-electron chi connectivity index (χ4n) is 1.87. The Kier molecular flexibility index (Phi) is 1.81. The summed E-state index contributed by atoms with van der Waals surface area (Å²) in [5, 5.41) is 1.05. The van der Waals surface area contributed by atoms with Crippen LogP contribution in [0.1, 0.15) is 23.2 Å². The van der Waals surface area contributed by atoms with Crippen molar-refractivity contribution in [1.82, 2.24) is 4.98 Å². The van der Waals surface area contributed by atoms with Gasteiger partial charge >= 0.3 is 0 Å². The molecule has 0 radical (unpaired) electrons. The second kappa shape index (κ2) is 3.16. The van der Waals surface area contributed by atoms with E-state index in [0.717, 1.165) is 29.3 Å². The van der Waals surface area contributed by atoms with Gasteiger partial charge in [0.25, 0.3) is 0 Å². The summed E-state index contributed by atoms with van der Waals surface area (Å²) in [4.78, 5) is 16.3. The van der Waals surface area contributed by atoms with Gasteiger partial charge in [-0.05, 0) is 25.0 Å². The predicted octanol–water partition coefficient (Wildman–Crippen LogP) is 2.83. The molecule has 1 fully saturated rings. The van der Waals surface area contributed by atoms with Gasteiger partial charge in [-0.2, -0.15) is 0 Å². The zero-order valence-electron chi connectivity index (χ0n) is 8.31. The standard InChI is InChI=1S/C13H11NO/c15-13(10-6-7-10)11-5-1-3-9-4-2-8-14-12(9)11/h1-5,8,10H,6-7H2. The first-order valence-corrected chi connectivity index (χ1v) is 5.24. The van der Waals surface area contributed by atoms with E-state index in [0.29, 0.717) is 0 Å². The first kappa shape index (κ1) is 8.60. The van der Waals surface area contributed by atoms with Crippen molar-refractivity contribution >= 4 is 16.7 Å². The lowest BCUT2D eigenvalue weighted by molar-refractivity contribution is 0.0969. The lowest BCUT2D eigenvalue weighted by atomic mass is 10.0. The van der Waals surface area contributed by atoms with Gasteiger partial charge in [0.2, 0.25) is 0 Å². The average Bonchev–Trinajstić information content (AvgIpc) is 3.11. The zero-order chi connectivity index (χ0) is 10.3. The van der Waals surface area contributed by atoms with Crippen molar-refractivity contribution in [3.63, 3.8) is 0 Å². The van der Waals surface area contributed by atoms with E-state index in [1.807, 2.05) is 30.3 Å². The third-order valence-electron chi connectivity index (χ3n) is 2.85. The van der Waals surface area contributed by atoms with Crippen LogP contribution in [0.4, 0.5) is 0 Å². The normalized spacial score (nSPS) is 15.5. The molecule has 0 spiro atoms. The minimum absolute atomic E-state index is 0.262. The number of benzene rings is 1. The molecule has 1 heterocycles. The van der Waals surface area contributed by atoms with Gasteiger partial charge in [0.05, 0.1) is 5.52 Å². The molecule has 1 aromatic carbocycles. The molecular weight excluding hydrogens is 186 g/mol. The smallest absolute Gasteiger partial charge is 0.168 e. The summed E-state index contributed by atoms with van der Waals surface area (Å²) in [7, 11) is 0. The monoisotopic (exact) mass is 197 g/mol. The number of hydrogen-bond donors (Lipinski definition) is 0. The number of ketones is 1. The van der Waals surface area contributed by atoms with Crippen LogP contribution < -0.4 is 0 Å². The number of rotatable bonds is 2. The highest BCUT2D eigenvalue weighted by molar-refractivity contribution is 6.08. The number of fused-ring (bicyclic) bond motifs is 1. The molecule has 1 aromatic heterocycles. The van der Waals surface area contributed by atoms with Crippen molar-refractivity contribution in [2.24, 2.45) is 5.92 Å². The molecule has 0 atom stereocenters. The maximum Gasteiger partial charge on any atom is 0.168 e. The third-order valence-corrected chi connectivity index (χ3v) is 2.85. The van der Waals surface area contributed by atoms with Crippen LogP contribution in [0.15, 0.2) is 36.5 Å². The number of carbonyl (C=O) groups is 1. The Labute approximate surface area is 87.9 Å². The van der Waals surface area contributed by atoms with Gasteiger partial charge in [-0.25, -0.2) is 0 Å². The van der Waals surface area contributed by atoms with E-state index in [4.69, 9.17) is 0 Å². The molecule has 1 aliphatic carbocycles. The molecule has 3 rings (SSSR count). The molecule has 0 amide bonds. The lowest BCUT2D eigenvalue weighted by Crippen LogP contribution is -2.02. The molecule has 2 heteroatoms. The molecule has 15 heavy (non-hydrogen) atoms. The van der Waals surface area contributed by atoms with Crippen LogP contribution in [0.3, 0.4) is 0 Å². The van der Waals surface area contributed by atoms with Gasteiger partial charge in [-0.15, -0.1) is 0 Å². The Morgan fingerprint density at radius 1 is 1.20 bits per heavy atom. The van der Waals surface area contributed by atoms with Crippen LogP contribution in [0.5, 0.6) is 0 Å². The zero-order valence-corrected chi connectivity index (χ0v) is 8.31. The van der Waals surface area contributed by atoms with Crippen molar-refractivity contribution in [1.29, 1.82) is 0 Å². The Morgan fingerprint density at radius 3 is 2.80 bits per heavy atom. The van der Waals surface area contributed by atoms with Gasteiger partial charge in [0.15, 0.2) is 5.78 Å². The fraction of sp³-hybridized carbons (Fsp3) is 0.231. The first-order chi connectivity index (χ1) is 7.36. The molecule has 74 valence electrons. The SMILES string of the molecule is O=C(c1cccc2cccnc12)C1CC1. The van der Waals surface area contributed by atoms with Gasteiger partial charge in [0.1, 0.15) is 0 Å². The quantitative estimate of drug-likeness (QED) is 0.693. The Balaban J connectivity index is 2.20. The van der Waals surface area contributed by atoms with Crippen molar-refractivity contribution in [2.45, 2.75) is 12.8 Å². The summed E-state index contributed by atoms with van der Waals surface area (Å²) in [6.07, 6.45) is 3.83. The molecule has 1 aliphatic rings. The molecule has 0 aliphatic heterocycles. The van der Waals surface area contributed by atoms with Crippen molar-refractivity contribution in [3.8, 4) is 0 Å². The molecule has 0 unspecified atom stereocenters. The highest BCUT2D eigenvalue weighted by Crippen LogP contribution is 2.34. The average molecular weight is 197 g/mol. The van der Waals surface area contributed by atoms with E-state index in [-0.39, 0.29) is 11.7 Å². The summed E-state index contributed by atoms with van der Waals surface area (Å²) in [6, 6.07) is 9.70. The number of pyridine rings is 1. The van der Waals surface area contributed by atoms with Gasteiger partial charge in [-0.3, -0.25) is 9.78 Å². The van der Waals surface area contributed by atoms with E-state index >= 15 is 0 Å². The maximum absolute atomic E-state index is 12.0. The largest absolute Gasteiger partial charge is 0.294 e. The number of aromatic nitrogens is 1. The van der Waals surface area contributed by atoms with Crippen molar-refractivity contribution in [2.75, 3.05) is 0 Å². The number of Topliss-reactive ketones (excluding diaryl/α,β-unsaturated/α-hetero) is 1. The summed E-state index contributed by atoms with van der Waals surface area (Å²) in [6.45, 7) is 0. The van der Waals surface area contributed by atoms with Crippen LogP contribution in [0.25, 0.3) is 10.9 Å². The minimum Gasteiger partial charge on any atom is -0.294 e. The number of carbonyl (C=O) groups excluding carboxylic acids is 1. The van der Waals surface area contributed by atoms with E-state index < -0.39 is 0 Å². The number of nitrogens with zero attached hydrogens (tertiary/aromatic N) is 1. The van der Waals surface area contributed by atoms with E-state index in [1.54, 1.807) is 6.20 Å². The van der Waals surface area contributed by atoms with E-state index in [2.05, 4.69) is 4.98 Å². The third kappa shape index (κ3) is 1.42. The highest BCUT2D eigenvalue weighted by Gasteiger charge is 2.31. The Bertz CT molecular complexity index is 524. The maximum atomic E-state index is 12.0. The topological polar surface area (TPSA) is 30.0 Å². The van der Waals surface area contributed by atoms with Crippen molar-refractivity contribution in [3.05, 3.63) is 42.1 Å². The summed E-state index contributed by atoms with van der Waals surface area (Å²) in [5.41, 5.74) is 1.63. The fourth-order valence-corrected chi connectivity index (χ4v) is 1.87. The second-order valence-corrected chi connectivity index (χ2v) is 4.02. The van der Waals surface area contributed by atoms with Crippen LogP contribution in [-0.4, -0.2) is 10.8 Å². The predicted molar refractivity (Wildman–Crippen MR) is 58.8 cm³/mol. The molecule has 0 saturated heterocycles. The van der Waals surface area contributed by atoms with E-state index in [9.17, 15) is 4.79 Å². The molecule has 0 bridgehead atoms. The molecular formula is C13H11NO. The molecule has 1 saturated carbocycles. The molecule has 2 nitrogen and oxygen atoms in total. The first-order valence-electron chi connectivity index (χ1n) is 5.24. The summed E-state index contributed by atoms with van der Waals surface area (Å²) >= 11 is 0. The van der Waals surface area contributed by atoms with Crippen LogP contribution in [0, 0.1) is 5.92 Å². The van der Waals surface area contributed by atoms with Crippen LogP contribution >= 0.6 is 0 Å². The summed E-state index contributed by atoms with van der Waals surface area (Å²) < 4.78 is 0. The Morgan fingerprint density at radius 2 is 2.00 bits per heavy atom. The lowest BCUT2D eigenvalue weighted by Gasteiger charge is -2.03. The number of para-hydroxylation sites is 1. The van der Waals surface area contributed by atoms with E-state index in [1.165, 1.54) is 0 Å². The summed E-state index contributed by atoms with van der Waals surface area (Å²) in [5.74, 6) is 0.525. The van der Waals surface area contributed by atoms with Crippen LogP contribution in [-0.2, 0) is 0 Å². The van der Waals surface area contributed by atoms with Gasteiger partial charge in [-0.1, -0.05) is 18.2 Å². The molecule has 2 aromatic rings. The highest BCUT2D eigenvalue weighted by atomic mass is 16.1. The van der Waals surface area contributed by atoms with Crippen molar-refractivity contribution < 1.29 is 4.79 Å². The molecule has 0 N–H and O–H groups in total.